The molecule has 0 aliphatic carbocycles. The zero-order valence-corrected chi connectivity index (χ0v) is 15.7. The van der Waals surface area contributed by atoms with Gasteiger partial charge < -0.3 is 14.5 Å². The molecule has 2 saturated heterocycles. The summed E-state index contributed by atoms with van der Waals surface area (Å²) in [5.41, 5.74) is 0. The molecule has 1 aromatic heterocycles. The summed E-state index contributed by atoms with van der Waals surface area (Å²) < 4.78 is 5.03. The van der Waals surface area contributed by atoms with Crippen molar-refractivity contribution in [3.63, 3.8) is 0 Å². The number of hydrogen-bond donors (Lipinski definition) is 0. The second-order valence-electron chi connectivity index (χ2n) is 6.64. The van der Waals surface area contributed by atoms with Crippen molar-refractivity contribution < 1.29 is 14.3 Å². The van der Waals surface area contributed by atoms with Crippen molar-refractivity contribution in [3.8, 4) is 0 Å². The van der Waals surface area contributed by atoms with Crippen LogP contribution in [0.4, 0.5) is 4.79 Å². The van der Waals surface area contributed by atoms with Crippen LogP contribution in [0.1, 0.15) is 24.6 Å². The normalized spacial score (nSPS) is 19.9. The van der Waals surface area contributed by atoms with E-state index in [-0.39, 0.29) is 17.9 Å². The van der Waals surface area contributed by atoms with Crippen LogP contribution in [-0.2, 0) is 16.1 Å². The molecule has 3 rings (SSSR count). The lowest BCUT2D eigenvalue weighted by molar-refractivity contribution is -0.138. The van der Waals surface area contributed by atoms with E-state index in [1.54, 1.807) is 16.2 Å². The summed E-state index contributed by atoms with van der Waals surface area (Å²) in [5.74, 6) is 0.396. The lowest BCUT2D eigenvalue weighted by Gasteiger charge is -2.38. The highest BCUT2D eigenvalue weighted by atomic mass is 32.1. The van der Waals surface area contributed by atoms with E-state index in [4.69, 9.17) is 4.74 Å². The van der Waals surface area contributed by atoms with Gasteiger partial charge in [0.2, 0.25) is 5.91 Å². The van der Waals surface area contributed by atoms with E-state index in [9.17, 15) is 9.59 Å². The first-order valence-electron chi connectivity index (χ1n) is 9.12. The van der Waals surface area contributed by atoms with Crippen molar-refractivity contribution in [2.24, 2.45) is 5.92 Å². The van der Waals surface area contributed by atoms with Gasteiger partial charge in [0.1, 0.15) is 0 Å². The van der Waals surface area contributed by atoms with Gasteiger partial charge in [0.05, 0.1) is 6.61 Å². The Bertz CT molecular complexity index is 562. The van der Waals surface area contributed by atoms with E-state index < -0.39 is 0 Å². The first-order chi connectivity index (χ1) is 12.2. The molecule has 6 nitrogen and oxygen atoms in total. The van der Waals surface area contributed by atoms with Crippen molar-refractivity contribution >= 4 is 23.3 Å². The molecule has 0 saturated carbocycles. The molecular weight excluding hydrogens is 338 g/mol. The number of likely N-dealkylation sites (tertiary alicyclic amines) is 1. The van der Waals surface area contributed by atoms with Gasteiger partial charge in [-0.25, -0.2) is 4.79 Å². The highest BCUT2D eigenvalue weighted by Gasteiger charge is 2.31. The molecule has 7 heteroatoms. The van der Waals surface area contributed by atoms with Gasteiger partial charge in [-0.05, 0) is 44.3 Å². The van der Waals surface area contributed by atoms with Crippen LogP contribution in [-0.4, -0.2) is 72.6 Å². The maximum absolute atomic E-state index is 12.8. The molecule has 0 radical (unpaired) electrons. The first kappa shape index (κ1) is 18.2. The first-order valence-corrected chi connectivity index (χ1v) is 10.0. The average Bonchev–Trinajstić information content (AvgIpc) is 3.15. The molecule has 0 aromatic carbocycles. The van der Waals surface area contributed by atoms with E-state index in [0.717, 1.165) is 32.5 Å². The number of carbonyl (C=O) groups excluding carboxylic acids is 2. The third kappa shape index (κ3) is 4.73. The Kier molecular flexibility index (Phi) is 6.31. The molecule has 2 amide bonds. The third-order valence-corrected chi connectivity index (χ3v) is 5.87. The molecule has 1 aromatic rings. The molecule has 0 bridgehead atoms. The van der Waals surface area contributed by atoms with Gasteiger partial charge in [0.15, 0.2) is 0 Å². The van der Waals surface area contributed by atoms with Crippen LogP contribution in [0.5, 0.6) is 0 Å². The number of hydrogen-bond acceptors (Lipinski definition) is 5. The number of piperidine rings is 1. The Morgan fingerprint density at radius 2 is 1.80 bits per heavy atom. The molecule has 2 aliphatic heterocycles. The molecular formula is C18H27N3O3S. The summed E-state index contributed by atoms with van der Waals surface area (Å²) in [7, 11) is 0. The van der Waals surface area contributed by atoms with Crippen LogP contribution in [0.2, 0.25) is 0 Å². The predicted molar refractivity (Wildman–Crippen MR) is 97.5 cm³/mol. The third-order valence-electron chi connectivity index (χ3n) is 5.01. The summed E-state index contributed by atoms with van der Waals surface area (Å²) >= 11 is 1.79. The fourth-order valence-electron chi connectivity index (χ4n) is 3.54. The molecule has 0 atom stereocenters. The minimum atomic E-state index is -0.267. The lowest BCUT2D eigenvalue weighted by atomic mass is 9.95. The Morgan fingerprint density at radius 3 is 2.40 bits per heavy atom. The van der Waals surface area contributed by atoms with Crippen LogP contribution in [0.15, 0.2) is 17.5 Å². The topological polar surface area (TPSA) is 53.1 Å². The van der Waals surface area contributed by atoms with Gasteiger partial charge in [-0.3, -0.25) is 9.69 Å². The summed E-state index contributed by atoms with van der Waals surface area (Å²) in [6.07, 6.45) is 1.60. The Hall–Kier alpha value is -1.60. The van der Waals surface area contributed by atoms with E-state index in [1.165, 1.54) is 4.88 Å². The molecule has 3 heterocycles. The monoisotopic (exact) mass is 365 g/mol. The van der Waals surface area contributed by atoms with Crippen molar-refractivity contribution in [1.29, 1.82) is 0 Å². The summed E-state index contributed by atoms with van der Waals surface area (Å²) in [5, 5.41) is 2.11. The van der Waals surface area contributed by atoms with Gasteiger partial charge in [-0.15, -0.1) is 11.3 Å². The van der Waals surface area contributed by atoms with Crippen LogP contribution in [0.25, 0.3) is 0 Å². The van der Waals surface area contributed by atoms with E-state index in [0.29, 0.717) is 32.8 Å². The van der Waals surface area contributed by atoms with E-state index in [1.807, 2.05) is 11.8 Å². The molecule has 25 heavy (non-hydrogen) atoms. The van der Waals surface area contributed by atoms with Gasteiger partial charge in [-0.1, -0.05) is 6.07 Å². The lowest BCUT2D eigenvalue weighted by Crippen LogP contribution is -2.53. The number of thiophene rings is 1. The quantitative estimate of drug-likeness (QED) is 0.821. The maximum atomic E-state index is 12.8. The maximum Gasteiger partial charge on any atom is 0.409 e. The SMILES string of the molecule is CCOC(=O)N1CCN(C(=O)C2CCN(Cc3cccs3)CC2)CC1. The van der Waals surface area contributed by atoms with E-state index in [2.05, 4.69) is 22.4 Å². The standard InChI is InChI=1S/C18H27N3O3S/c1-2-24-18(23)21-11-9-20(10-12-21)17(22)15-5-7-19(8-6-15)14-16-4-3-13-25-16/h3-4,13,15H,2,5-12,14H2,1H3. The Balaban J connectivity index is 1.41. The number of amides is 2. The van der Waals surface area contributed by atoms with Crippen molar-refractivity contribution in [2.75, 3.05) is 45.9 Å². The zero-order valence-electron chi connectivity index (χ0n) is 14.9. The summed E-state index contributed by atoms with van der Waals surface area (Å²) in [4.78, 5) is 31.9. The largest absolute Gasteiger partial charge is 0.450 e. The van der Waals surface area contributed by atoms with E-state index >= 15 is 0 Å². The van der Waals surface area contributed by atoms with Crippen LogP contribution < -0.4 is 0 Å². The number of ether oxygens (including phenoxy) is 1. The number of carbonyl (C=O) groups is 2. The average molecular weight is 365 g/mol. The number of piperazine rings is 1. The molecule has 2 aliphatic rings. The molecule has 138 valence electrons. The fraction of sp³-hybridized carbons (Fsp3) is 0.667. The fourth-order valence-corrected chi connectivity index (χ4v) is 4.29. The minimum Gasteiger partial charge on any atom is -0.450 e. The van der Waals surface area contributed by atoms with Gasteiger partial charge in [-0.2, -0.15) is 0 Å². The van der Waals surface area contributed by atoms with Gasteiger partial charge in [0.25, 0.3) is 0 Å². The van der Waals surface area contributed by atoms with Crippen molar-refractivity contribution in [2.45, 2.75) is 26.3 Å². The zero-order chi connectivity index (χ0) is 17.6. The van der Waals surface area contributed by atoms with Crippen molar-refractivity contribution in [1.82, 2.24) is 14.7 Å². The summed E-state index contributed by atoms with van der Waals surface area (Å²) in [6, 6.07) is 4.26. The molecule has 2 fully saturated rings. The van der Waals surface area contributed by atoms with Gasteiger partial charge in [0, 0.05) is 43.5 Å². The Labute approximate surface area is 153 Å². The second-order valence-corrected chi connectivity index (χ2v) is 7.67. The van der Waals surface area contributed by atoms with Gasteiger partial charge >= 0.3 is 6.09 Å². The molecule has 0 N–H and O–H groups in total. The summed E-state index contributed by atoms with van der Waals surface area (Å²) in [6.45, 7) is 7.54. The molecule has 0 spiro atoms. The van der Waals surface area contributed by atoms with Crippen LogP contribution in [0, 0.1) is 5.92 Å². The second kappa shape index (κ2) is 8.67. The predicted octanol–water partition coefficient (Wildman–Crippen LogP) is 2.26. The highest BCUT2D eigenvalue weighted by molar-refractivity contribution is 7.09. The number of nitrogens with zero attached hydrogens (tertiary/aromatic N) is 3. The minimum absolute atomic E-state index is 0.133. The smallest absolute Gasteiger partial charge is 0.409 e. The van der Waals surface area contributed by atoms with Crippen molar-refractivity contribution in [3.05, 3.63) is 22.4 Å². The number of rotatable bonds is 4. The Morgan fingerprint density at radius 1 is 1.12 bits per heavy atom. The van der Waals surface area contributed by atoms with Crippen LogP contribution >= 0.6 is 11.3 Å². The highest BCUT2D eigenvalue weighted by Crippen LogP contribution is 2.23. The molecule has 0 unspecified atom stereocenters. The van der Waals surface area contributed by atoms with Crippen LogP contribution in [0.3, 0.4) is 0 Å².